The van der Waals surface area contributed by atoms with Gasteiger partial charge in [-0.2, -0.15) is 5.26 Å². The molecule has 0 aliphatic carbocycles. The topological polar surface area (TPSA) is 35.8 Å². The normalized spacial score (nSPS) is 13.2. The summed E-state index contributed by atoms with van der Waals surface area (Å²) in [6, 6.07) is 4.89. The lowest BCUT2D eigenvalue weighted by Gasteiger charge is -2.29. The van der Waals surface area contributed by atoms with Gasteiger partial charge in [-0.1, -0.05) is 11.6 Å². The Morgan fingerprint density at radius 1 is 1.47 bits per heavy atom. The summed E-state index contributed by atoms with van der Waals surface area (Å²) < 4.78 is 13.6. The molecule has 4 heteroatoms. The molecule has 0 saturated carbocycles. The monoisotopic (exact) mass is 254 g/mol. The van der Waals surface area contributed by atoms with E-state index in [9.17, 15) is 4.39 Å². The van der Waals surface area contributed by atoms with E-state index in [1.165, 1.54) is 6.07 Å². The first-order valence-corrected chi connectivity index (χ1v) is 5.75. The van der Waals surface area contributed by atoms with Crippen molar-refractivity contribution in [1.82, 2.24) is 5.32 Å². The van der Waals surface area contributed by atoms with Gasteiger partial charge in [-0.3, -0.25) is 0 Å². The van der Waals surface area contributed by atoms with Crippen molar-refractivity contribution in [3.63, 3.8) is 0 Å². The first-order chi connectivity index (χ1) is 7.83. The number of nitrogens with one attached hydrogen (secondary N) is 1. The van der Waals surface area contributed by atoms with Crippen LogP contribution in [0.5, 0.6) is 0 Å². The van der Waals surface area contributed by atoms with Crippen LogP contribution in [0.25, 0.3) is 0 Å². The first-order valence-electron chi connectivity index (χ1n) is 5.37. The fourth-order valence-electron chi connectivity index (χ4n) is 1.85. The highest BCUT2D eigenvalue weighted by atomic mass is 35.5. The van der Waals surface area contributed by atoms with Crippen molar-refractivity contribution in [2.45, 2.75) is 26.8 Å². The minimum absolute atomic E-state index is 0.307. The molecular formula is C13H16ClFN2. The highest BCUT2D eigenvalue weighted by Crippen LogP contribution is 2.36. The summed E-state index contributed by atoms with van der Waals surface area (Å²) in [7, 11) is 1.73. The van der Waals surface area contributed by atoms with E-state index in [2.05, 4.69) is 11.4 Å². The van der Waals surface area contributed by atoms with Crippen molar-refractivity contribution in [3.05, 3.63) is 34.1 Å². The lowest BCUT2D eigenvalue weighted by Crippen LogP contribution is -2.31. The van der Waals surface area contributed by atoms with E-state index >= 15 is 0 Å². The van der Waals surface area contributed by atoms with E-state index in [1.54, 1.807) is 33.9 Å². The Balaban J connectivity index is 3.32. The van der Waals surface area contributed by atoms with Gasteiger partial charge in [0.2, 0.25) is 0 Å². The van der Waals surface area contributed by atoms with E-state index in [0.29, 0.717) is 16.1 Å². The van der Waals surface area contributed by atoms with Crippen LogP contribution in [0, 0.1) is 29.5 Å². The average Bonchev–Trinajstić information content (AvgIpc) is 2.26. The Bertz CT molecular complexity index is 463. The van der Waals surface area contributed by atoms with Crippen LogP contribution in [-0.2, 0) is 0 Å². The fourth-order valence-corrected chi connectivity index (χ4v) is 2.18. The maximum absolute atomic E-state index is 13.6. The molecule has 92 valence electrons. The van der Waals surface area contributed by atoms with E-state index < -0.39 is 5.41 Å². The molecule has 1 rings (SSSR count). The van der Waals surface area contributed by atoms with Gasteiger partial charge in [0.1, 0.15) is 5.82 Å². The molecule has 1 atom stereocenters. The van der Waals surface area contributed by atoms with Gasteiger partial charge in [0, 0.05) is 5.02 Å². The standard InChI is InChI=1S/C13H16ClFN2/c1-8-5-10(14)9(6-11(8)15)12(17-4)13(2,3)7-16/h5-6,12,17H,1-4H3. The molecule has 0 heterocycles. The second-order valence-electron chi connectivity index (χ2n) is 4.68. The van der Waals surface area contributed by atoms with Crippen LogP contribution in [-0.4, -0.2) is 7.05 Å². The predicted molar refractivity (Wildman–Crippen MR) is 67.3 cm³/mol. The lowest BCUT2D eigenvalue weighted by molar-refractivity contribution is 0.343. The molecule has 17 heavy (non-hydrogen) atoms. The summed E-state index contributed by atoms with van der Waals surface area (Å²) in [6.07, 6.45) is 0. The van der Waals surface area contributed by atoms with Gasteiger partial charge < -0.3 is 5.32 Å². The number of nitriles is 1. The molecule has 0 bridgehead atoms. The Morgan fingerprint density at radius 2 is 2.06 bits per heavy atom. The summed E-state index contributed by atoms with van der Waals surface area (Å²) in [5.74, 6) is -0.307. The van der Waals surface area contributed by atoms with Crippen LogP contribution in [0.1, 0.15) is 31.0 Å². The SMILES string of the molecule is CNC(c1cc(F)c(C)cc1Cl)C(C)(C)C#N. The van der Waals surface area contributed by atoms with E-state index in [4.69, 9.17) is 16.9 Å². The molecule has 0 saturated heterocycles. The highest BCUT2D eigenvalue weighted by molar-refractivity contribution is 6.31. The van der Waals surface area contributed by atoms with Gasteiger partial charge in [0.25, 0.3) is 0 Å². The highest BCUT2D eigenvalue weighted by Gasteiger charge is 2.31. The second-order valence-corrected chi connectivity index (χ2v) is 5.09. The van der Waals surface area contributed by atoms with E-state index in [-0.39, 0.29) is 11.9 Å². The zero-order chi connectivity index (χ0) is 13.2. The van der Waals surface area contributed by atoms with Crippen molar-refractivity contribution in [1.29, 1.82) is 5.26 Å². The third-order valence-corrected chi connectivity index (χ3v) is 3.21. The first kappa shape index (κ1) is 14.0. The van der Waals surface area contributed by atoms with Gasteiger partial charge in [0.05, 0.1) is 17.5 Å². The van der Waals surface area contributed by atoms with Gasteiger partial charge >= 0.3 is 0 Å². The number of hydrogen-bond acceptors (Lipinski definition) is 2. The number of nitrogens with zero attached hydrogens (tertiary/aromatic N) is 1. The molecule has 1 N–H and O–H groups in total. The summed E-state index contributed by atoms with van der Waals surface area (Å²) >= 11 is 6.12. The molecule has 1 unspecified atom stereocenters. The average molecular weight is 255 g/mol. The Hall–Kier alpha value is -1.11. The summed E-state index contributed by atoms with van der Waals surface area (Å²) in [6.45, 7) is 5.25. The van der Waals surface area contributed by atoms with Crippen LogP contribution in [0.15, 0.2) is 12.1 Å². The van der Waals surface area contributed by atoms with Gasteiger partial charge in [0.15, 0.2) is 0 Å². The minimum atomic E-state index is -0.667. The summed E-state index contributed by atoms with van der Waals surface area (Å²) in [5, 5.41) is 12.6. The Kier molecular flexibility index (Phi) is 4.13. The van der Waals surface area contributed by atoms with Gasteiger partial charge in [-0.25, -0.2) is 4.39 Å². The zero-order valence-electron chi connectivity index (χ0n) is 10.4. The number of hydrogen-bond donors (Lipinski definition) is 1. The van der Waals surface area contributed by atoms with Crippen LogP contribution in [0.2, 0.25) is 5.02 Å². The molecule has 2 nitrogen and oxygen atoms in total. The summed E-state index contributed by atoms with van der Waals surface area (Å²) in [4.78, 5) is 0. The molecule has 0 aliphatic rings. The quantitative estimate of drug-likeness (QED) is 0.895. The molecule has 1 aromatic rings. The summed E-state index contributed by atoms with van der Waals surface area (Å²) in [5.41, 5.74) is 0.451. The van der Waals surface area contributed by atoms with Crippen LogP contribution < -0.4 is 5.32 Å². The number of benzene rings is 1. The maximum atomic E-state index is 13.6. The molecule has 0 aromatic heterocycles. The molecule has 0 amide bonds. The molecule has 0 radical (unpaired) electrons. The van der Waals surface area contributed by atoms with Crippen LogP contribution >= 0.6 is 11.6 Å². The predicted octanol–water partition coefficient (Wildman–Crippen LogP) is 3.60. The Labute approximate surface area is 106 Å². The van der Waals surface area contributed by atoms with Crippen LogP contribution in [0.3, 0.4) is 0 Å². The third-order valence-electron chi connectivity index (χ3n) is 2.89. The van der Waals surface area contributed by atoms with Crippen molar-refractivity contribution in [2.75, 3.05) is 7.05 Å². The molecule has 0 fully saturated rings. The largest absolute Gasteiger partial charge is 0.312 e. The second kappa shape index (κ2) is 5.03. The van der Waals surface area contributed by atoms with Crippen molar-refractivity contribution in [3.8, 4) is 6.07 Å². The molecule has 0 spiro atoms. The Morgan fingerprint density at radius 3 is 2.53 bits per heavy atom. The maximum Gasteiger partial charge on any atom is 0.126 e. The van der Waals surface area contributed by atoms with E-state index in [0.717, 1.165) is 0 Å². The van der Waals surface area contributed by atoms with E-state index in [1.807, 2.05) is 0 Å². The fraction of sp³-hybridized carbons (Fsp3) is 0.462. The van der Waals surface area contributed by atoms with Gasteiger partial charge in [-0.05, 0) is 51.1 Å². The third kappa shape index (κ3) is 2.77. The van der Waals surface area contributed by atoms with Crippen LogP contribution in [0.4, 0.5) is 4.39 Å². The van der Waals surface area contributed by atoms with Crippen molar-refractivity contribution < 1.29 is 4.39 Å². The van der Waals surface area contributed by atoms with Crippen molar-refractivity contribution in [2.24, 2.45) is 5.41 Å². The molecule has 1 aromatic carbocycles. The zero-order valence-corrected chi connectivity index (χ0v) is 11.2. The molecular weight excluding hydrogens is 239 g/mol. The number of rotatable bonds is 3. The molecule has 0 aliphatic heterocycles. The number of halogens is 2. The number of aryl methyl sites for hydroxylation is 1. The minimum Gasteiger partial charge on any atom is -0.312 e. The van der Waals surface area contributed by atoms with Gasteiger partial charge in [-0.15, -0.1) is 0 Å². The lowest BCUT2D eigenvalue weighted by atomic mass is 9.81. The smallest absolute Gasteiger partial charge is 0.126 e. The van der Waals surface area contributed by atoms with Crippen molar-refractivity contribution >= 4 is 11.6 Å².